The van der Waals surface area contributed by atoms with Gasteiger partial charge in [-0.15, -0.1) is 0 Å². The highest BCUT2D eigenvalue weighted by Crippen LogP contribution is 2.42. The SMILES string of the molecule is Cc1nn(-c2nc3ccccc3s2)c2c1C(c1cccc3ccccc13)CC(=O)N2. The van der Waals surface area contributed by atoms with E-state index in [0.29, 0.717) is 6.42 Å². The Morgan fingerprint density at radius 1 is 1.03 bits per heavy atom. The molecule has 3 heterocycles. The third-order valence-electron chi connectivity index (χ3n) is 5.77. The van der Waals surface area contributed by atoms with E-state index in [1.807, 2.05) is 37.3 Å². The summed E-state index contributed by atoms with van der Waals surface area (Å²) in [6.45, 7) is 2.01. The second kappa shape index (κ2) is 6.50. The van der Waals surface area contributed by atoms with Gasteiger partial charge in [-0.3, -0.25) is 4.79 Å². The minimum atomic E-state index is -0.0389. The summed E-state index contributed by atoms with van der Waals surface area (Å²) in [5.74, 6) is 0.700. The van der Waals surface area contributed by atoms with Crippen LogP contribution in [0.3, 0.4) is 0 Å². The highest BCUT2D eigenvalue weighted by Gasteiger charge is 2.34. The summed E-state index contributed by atoms with van der Waals surface area (Å²) in [4.78, 5) is 17.5. The maximum absolute atomic E-state index is 12.7. The van der Waals surface area contributed by atoms with Crippen molar-refractivity contribution in [3.8, 4) is 5.13 Å². The van der Waals surface area contributed by atoms with Crippen molar-refractivity contribution in [3.05, 3.63) is 83.6 Å². The Morgan fingerprint density at radius 2 is 1.83 bits per heavy atom. The fourth-order valence-corrected chi connectivity index (χ4v) is 5.38. The summed E-state index contributed by atoms with van der Waals surface area (Å²) in [5, 5.41) is 11.0. The second-order valence-electron chi connectivity index (χ2n) is 7.60. The number of carbonyl (C=O) groups is 1. The van der Waals surface area contributed by atoms with Gasteiger partial charge in [-0.05, 0) is 35.4 Å². The van der Waals surface area contributed by atoms with Crippen LogP contribution in [0.15, 0.2) is 66.7 Å². The van der Waals surface area contributed by atoms with E-state index in [-0.39, 0.29) is 11.8 Å². The molecule has 1 aliphatic heterocycles. The predicted octanol–water partition coefficient (Wildman–Crippen LogP) is 5.42. The molecule has 0 fully saturated rings. The van der Waals surface area contributed by atoms with Crippen LogP contribution in [0.25, 0.3) is 26.1 Å². The molecule has 30 heavy (non-hydrogen) atoms. The number of para-hydroxylation sites is 1. The van der Waals surface area contributed by atoms with E-state index < -0.39 is 0 Å². The summed E-state index contributed by atoms with van der Waals surface area (Å²) >= 11 is 1.58. The lowest BCUT2D eigenvalue weighted by Crippen LogP contribution is -2.25. The van der Waals surface area contributed by atoms with Crippen molar-refractivity contribution < 1.29 is 4.79 Å². The third kappa shape index (κ3) is 2.57. The number of hydrogen-bond donors (Lipinski definition) is 1. The molecule has 0 bridgehead atoms. The van der Waals surface area contributed by atoms with Gasteiger partial charge in [0.05, 0.1) is 15.9 Å². The minimum absolute atomic E-state index is 0.00250. The Kier molecular flexibility index (Phi) is 3.76. The van der Waals surface area contributed by atoms with Crippen molar-refractivity contribution in [1.82, 2.24) is 14.8 Å². The first-order valence-electron chi connectivity index (χ1n) is 9.92. The van der Waals surface area contributed by atoms with Crippen LogP contribution in [0.5, 0.6) is 0 Å². The van der Waals surface area contributed by atoms with Gasteiger partial charge in [0.2, 0.25) is 11.0 Å². The van der Waals surface area contributed by atoms with Gasteiger partial charge in [0.25, 0.3) is 0 Å². The summed E-state index contributed by atoms with van der Waals surface area (Å²) < 4.78 is 2.90. The van der Waals surface area contributed by atoms with Crippen molar-refractivity contribution in [2.24, 2.45) is 0 Å². The number of rotatable bonds is 2. The molecule has 5 nitrogen and oxygen atoms in total. The highest BCUT2D eigenvalue weighted by molar-refractivity contribution is 7.20. The molecule has 1 N–H and O–H groups in total. The van der Waals surface area contributed by atoms with Crippen molar-refractivity contribution in [1.29, 1.82) is 0 Å². The van der Waals surface area contributed by atoms with Crippen LogP contribution in [0.2, 0.25) is 0 Å². The zero-order chi connectivity index (χ0) is 20.2. The Morgan fingerprint density at radius 3 is 2.73 bits per heavy atom. The monoisotopic (exact) mass is 410 g/mol. The van der Waals surface area contributed by atoms with Gasteiger partial charge >= 0.3 is 0 Å². The molecule has 146 valence electrons. The number of nitrogens with one attached hydrogen (secondary N) is 1. The van der Waals surface area contributed by atoms with Crippen molar-refractivity contribution >= 4 is 44.1 Å². The molecule has 0 saturated carbocycles. The Balaban J connectivity index is 1.56. The average molecular weight is 411 g/mol. The number of amides is 1. The zero-order valence-electron chi connectivity index (χ0n) is 16.3. The van der Waals surface area contributed by atoms with Gasteiger partial charge in [-0.2, -0.15) is 9.78 Å². The lowest BCUT2D eigenvalue weighted by atomic mass is 9.83. The number of nitrogens with zero attached hydrogens (tertiary/aromatic N) is 3. The molecule has 2 aromatic heterocycles. The standard InChI is InChI=1S/C24H18N4OS/c1-14-22-18(17-10-6-8-15-7-2-3-9-16(15)17)13-21(29)26-23(22)28(27-14)24-25-19-11-4-5-12-20(19)30-24/h2-12,18H,13H2,1H3,(H,26,29). The minimum Gasteiger partial charge on any atom is -0.310 e. The maximum atomic E-state index is 12.7. The molecular formula is C24H18N4OS. The normalized spacial score (nSPS) is 16.0. The van der Waals surface area contributed by atoms with Gasteiger partial charge in [-0.1, -0.05) is 65.9 Å². The zero-order valence-corrected chi connectivity index (χ0v) is 17.1. The first-order valence-corrected chi connectivity index (χ1v) is 10.7. The number of aryl methyl sites for hydroxylation is 1. The molecule has 0 aliphatic carbocycles. The molecule has 1 atom stereocenters. The summed E-state index contributed by atoms with van der Waals surface area (Å²) in [6, 6.07) is 22.7. The third-order valence-corrected chi connectivity index (χ3v) is 6.78. The maximum Gasteiger partial charge on any atom is 0.226 e. The average Bonchev–Trinajstić information content (AvgIpc) is 3.34. The molecule has 6 heteroatoms. The van der Waals surface area contributed by atoms with Crippen LogP contribution in [-0.4, -0.2) is 20.7 Å². The highest BCUT2D eigenvalue weighted by atomic mass is 32.1. The second-order valence-corrected chi connectivity index (χ2v) is 8.61. The number of fused-ring (bicyclic) bond motifs is 3. The van der Waals surface area contributed by atoms with E-state index in [9.17, 15) is 4.79 Å². The first-order chi connectivity index (χ1) is 14.7. The Labute approximate surface area is 177 Å². The predicted molar refractivity (Wildman–Crippen MR) is 121 cm³/mol. The quantitative estimate of drug-likeness (QED) is 0.423. The van der Waals surface area contributed by atoms with Gasteiger partial charge in [0.1, 0.15) is 5.82 Å². The molecule has 1 aliphatic rings. The van der Waals surface area contributed by atoms with Crippen molar-refractivity contribution in [2.75, 3.05) is 5.32 Å². The Bertz CT molecular complexity index is 1410. The molecule has 1 unspecified atom stereocenters. The van der Waals surface area contributed by atoms with Crippen molar-refractivity contribution in [2.45, 2.75) is 19.3 Å². The lowest BCUT2D eigenvalue weighted by molar-refractivity contribution is -0.116. The summed E-state index contributed by atoms with van der Waals surface area (Å²) in [5.41, 5.74) is 4.09. The fourth-order valence-electron chi connectivity index (χ4n) is 4.46. The van der Waals surface area contributed by atoms with E-state index in [1.54, 1.807) is 16.0 Å². The number of thiazole rings is 1. The van der Waals surface area contributed by atoms with Gasteiger partial charge in [0.15, 0.2) is 0 Å². The first kappa shape index (κ1) is 17.4. The van der Waals surface area contributed by atoms with Crippen molar-refractivity contribution in [3.63, 3.8) is 0 Å². The molecular weight excluding hydrogens is 392 g/mol. The lowest BCUT2D eigenvalue weighted by Gasteiger charge is -2.25. The number of aromatic nitrogens is 3. The molecule has 5 aromatic rings. The van der Waals surface area contributed by atoms with Crippen LogP contribution in [0.1, 0.15) is 29.2 Å². The molecule has 0 spiro atoms. The number of hydrogen-bond acceptors (Lipinski definition) is 4. The van der Waals surface area contributed by atoms with E-state index in [1.165, 1.54) is 10.8 Å². The van der Waals surface area contributed by atoms with E-state index in [0.717, 1.165) is 38.0 Å². The largest absolute Gasteiger partial charge is 0.310 e. The molecule has 0 saturated heterocycles. The van der Waals surface area contributed by atoms with Gasteiger partial charge in [-0.25, -0.2) is 4.98 Å². The van der Waals surface area contributed by atoms with Gasteiger partial charge < -0.3 is 5.32 Å². The molecule has 0 radical (unpaired) electrons. The summed E-state index contributed by atoms with van der Waals surface area (Å²) in [6.07, 6.45) is 0.410. The van der Waals surface area contributed by atoms with E-state index in [2.05, 4.69) is 41.7 Å². The topological polar surface area (TPSA) is 59.8 Å². The number of benzene rings is 3. The smallest absolute Gasteiger partial charge is 0.226 e. The van der Waals surface area contributed by atoms with Crippen LogP contribution in [0, 0.1) is 6.92 Å². The molecule has 6 rings (SSSR count). The molecule has 1 amide bonds. The fraction of sp³-hybridized carbons (Fsp3) is 0.125. The van der Waals surface area contributed by atoms with Crippen LogP contribution >= 0.6 is 11.3 Å². The number of carbonyl (C=O) groups excluding carboxylic acids is 1. The number of anilines is 1. The van der Waals surface area contributed by atoms with Crippen LogP contribution in [-0.2, 0) is 4.79 Å². The van der Waals surface area contributed by atoms with Gasteiger partial charge in [0, 0.05) is 17.9 Å². The van der Waals surface area contributed by atoms with E-state index in [4.69, 9.17) is 10.1 Å². The van der Waals surface area contributed by atoms with Crippen LogP contribution in [0.4, 0.5) is 5.82 Å². The van der Waals surface area contributed by atoms with E-state index >= 15 is 0 Å². The van der Waals surface area contributed by atoms with Crippen LogP contribution < -0.4 is 5.32 Å². The summed E-state index contributed by atoms with van der Waals surface area (Å²) in [7, 11) is 0. The molecule has 3 aromatic carbocycles. The Hall–Kier alpha value is -3.51.